The lowest BCUT2D eigenvalue weighted by Gasteiger charge is -2.02. The van der Waals surface area contributed by atoms with Gasteiger partial charge in [-0.15, -0.1) is 0 Å². The molecule has 3 nitrogen and oxygen atoms in total. The van der Waals surface area contributed by atoms with Gasteiger partial charge in [0.2, 0.25) is 0 Å². The molecule has 1 N–H and O–H groups in total. The van der Waals surface area contributed by atoms with Crippen molar-refractivity contribution in [3.05, 3.63) is 64.8 Å². The largest absolute Gasteiger partial charge is 0.504 e. The van der Waals surface area contributed by atoms with Crippen molar-refractivity contribution in [3.63, 3.8) is 0 Å². The first-order chi connectivity index (χ1) is 11.4. The van der Waals surface area contributed by atoms with Crippen molar-refractivity contribution >= 4 is 16.8 Å². The van der Waals surface area contributed by atoms with Crippen molar-refractivity contribution in [1.29, 1.82) is 0 Å². The number of rotatable bonds is 3. The number of hydrogen-bond acceptors (Lipinski definition) is 3. The number of ketones is 1. The van der Waals surface area contributed by atoms with Crippen LogP contribution in [0.5, 0.6) is 5.75 Å². The first-order valence-corrected chi connectivity index (χ1v) is 6.72. The van der Waals surface area contributed by atoms with Crippen molar-refractivity contribution in [2.45, 2.75) is 20.3 Å². The molecule has 0 fully saturated rings. The van der Waals surface area contributed by atoms with Gasteiger partial charge in [-0.3, -0.25) is 4.79 Å². The molecule has 2 aromatic carbocycles. The van der Waals surface area contributed by atoms with Gasteiger partial charge in [-0.25, -0.2) is 0 Å². The monoisotopic (exact) mass is 283 g/mol. The molecule has 0 amide bonds. The van der Waals surface area contributed by atoms with Gasteiger partial charge in [-0.1, -0.05) is 48.8 Å². The van der Waals surface area contributed by atoms with Crippen molar-refractivity contribution in [3.8, 4) is 5.75 Å². The van der Waals surface area contributed by atoms with Gasteiger partial charge in [-0.2, -0.15) is 0 Å². The summed E-state index contributed by atoms with van der Waals surface area (Å²) in [6.07, 6.45) is 0.390. The fraction of sp³-hybridized carbons (Fsp3) is 0.167. The zero-order valence-corrected chi connectivity index (χ0v) is 11.8. The molecule has 0 radical (unpaired) electrons. The second kappa shape index (κ2) is 5.09. The van der Waals surface area contributed by atoms with E-state index in [0.717, 1.165) is 5.56 Å². The molecule has 21 heavy (non-hydrogen) atoms. The highest BCUT2D eigenvalue weighted by molar-refractivity contribution is 6.17. The van der Waals surface area contributed by atoms with E-state index in [2.05, 4.69) is 0 Å². The third-order valence-corrected chi connectivity index (χ3v) is 3.43. The molecule has 3 aromatic rings. The van der Waals surface area contributed by atoms with Crippen LogP contribution in [0.2, 0.25) is 0 Å². The molecule has 0 aliphatic carbocycles. The maximum absolute atomic E-state index is 12.9. The molecule has 0 bridgehead atoms. The first kappa shape index (κ1) is 10.2. The van der Waals surface area contributed by atoms with Crippen LogP contribution in [0.25, 0.3) is 11.0 Å². The van der Waals surface area contributed by atoms with Crippen LogP contribution in [0, 0.1) is 6.92 Å². The summed E-state index contributed by atoms with van der Waals surface area (Å²) >= 11 is 0. The Morgan fingerprint density at radius 2 is 2.00 bits per heavy atom. The lowest BCUT2D eigenvalue weighted by atomic mass is 9.98. The number of carbonyl (C=O) groups excluding carboxylic acids is 1. The van der Waals surface area contributed by atoms with Crippen LogP contribution in [-0.4, -0.2) is 10.9 Å². The van der Waals surface area contributed by atoms with E-state index in [4.69, 9.17) is 8.53 Å². The molecule has 0 saturated carbocycles. The molecule has 3 heteroatoms. The lowest BCUT2D eigenvalue weighted by Crippen LogP contribution is -2.03. The predicted molar refractivity (Wildman–Crippen MR) is 81.9 cm³/mol. The maximum Gasteiger partial charge on any atom is 0.197 e. The van der Waals surface area contributed by atoms with E-state index in [0.29, 0.717) is 17.7 Å². The Balaban J connectivity index is 2.34. The maximum atomic E-state index is 12.9. The molecule has 0 spiro atoms. The van der Waals surface area contributed by atoms with Gasteiger partial charge >= 0.3 is 0 Å². The average Bonchev–Trinajstić information content (AvgIpc) is 2.97. The van der Waals surface area contributed by atoms with Gasteiger partial charge in [0.05, 0.1) is 9.68 Å². The predicted octanol–water partition coefficient (Wildman–Crippen LogP) is 4.24. The zero-order valence-electron chi connectivity index (χ0n) is 14.8. The quantitative estimate of drug-likeness (QED) is 0.731. The molecule has 0 atom stereocenters. The molecule has 106 valence electrons. The Morgan fingerprint density at radius 3 is 2.67 bits per heavy atom. The Hall–Kier alpha value is -2.55. The minimum atomic E-state index is -0.511. The van der Waals surface area contributed by atoms with Crippen LogP contribution in [0.15, 0.2) is 46.8 Å². The summed E-state index contributed by atoms with van der Waals surface area (Å²) in [5.74, 6) is -0.497. The molecular formula is C18H16O3. The molecule has 0 saturated heterocycles. The number of carbonyl (C=O) groups is 1. The highest BCUT2D eigenvalue weighted by Crippen LogP contribution is 2.33. The molecule has 1 heterocycles. The summed E-state index contributed by atoms with van der Waals surface area (Å²) in [5, 5.41) is 10.2. The lowest BCUT2D eigenvalue weighted by molar-refractivity contribution is 0.103. The van der Waals surface area contributed by atoms with Crippen molar-refractivity contribution in [2.24, 2.45) is 0 Å². The van der Waals surface area contributed by atoms with Gasteiger partial charge in [-0.05, 0) is 13.0 Å². The number of hydrogen-bond donors (Lipinski definition) is 1. The van der Waals surface area contributed by atoms with E-state index in [-0.39, 0.29) is 28.4 Å². The topological polar surface area (TPSA) is 50.4 Å². The van der Waals surface area contributed by atoms with Crippen LogP contribution in [0.1, 0.15) is 38.3 Å². The molecule has 3 rings (SSSR count). The van der Waals surface area contributed by atoms with E-state index in [1.54, 1.807) is 19.1 Å². The summed E-state index contributed by atoms with van der Waals surface area (Å²) in [6.45, 7) is 3.72. The number of phenols is 1. The second-order valence-corrected chi connectivity index (χ2v) is 4.88. The van der Waals surface area contributed by atoms with E-state index < -0.39 is 17.8 Å². The van der Waals surface area contributed by atoms with Crippen molar-refractivity contribution < 1.29 is 18.4 Å². The van der Waals surface area contributed by atoms with Crippen LogP contribution in [0.4, 0.5) is 0 Å². The Labute approximate surface area is 127 Å². The van der Waals surface area contributed by atoms with E-state index in [1.807, 2.05) is 19.1 Å². The molecule has 0 aliphatic heterocycles. The van der Waals surface area contributed by atoms with E-state index in [1.165, 1.54) is 0 Å². The van der Waals surface area contributed by atoms with Gasteiger partial charge < -0.3 is 9.52 Å². The molecule has 1 aromatic heterocycles. The minimum Gasteiger partial charge on any atom is -0.504 e. The molecular weight excluding hydrogens is 264 g/mol. The summed E-state index contributed by atoms with van der Waals surface area (Å²) < 4.78 is 29.2. The Kier molecular flexibility index (Phi) is 2.48. The number of fused-ring (bicyclic) bond motifs is 1. The fourth-order valence-corrected chi connectivity index (χ4v) is 2.31. The van der Waals surface area contributed by atoms with Gasteiger partial charge in [0.25, 0.3) is 0 Å². The number of para-hydroxylation sites is 1. The van der Waals surface area contributed by atoms with Crippen LogP contribution < -0.4 is 0 Å². The number of phenolic OH excluding ortho intramolecular Hbond substituents is 1. The average molecular weight is 283 g/mol. The van der Waals surface area contributed by atoms with Crippen molar-refractivity contribution in [1.82, 2.24) is 0 Å². The smallest absolute Gasteiger partial charge is 0.197 e. The number of benzene rings is 2. The number of furan rings is 1. The summed E-state index contributed by atoms with van der Waals surface area (Å²) in [7, 11) is 0. The van der Waals surface area contributed by atoms with E-state index in [9.17, 15) is 9.90 Å². The minimum absolute atomic E-state index is 0.0756. The summed E-state index contributed by atoms with van der Waals surface area (Å²) in [6, 6.07) is 5.84. The molecule has 0 aliphatic rings. The van der Waals surface area contributed by atoms with Crippen LogP contribution in [0.3, 0.4) is 0 Å². The third kappa shape index (κ3) is 2.21. The highest BCUT2D eigenvalue weighted by Gasteiger charge is 2.22. The Bertz CT molecular complexity index is 956. The second-order valence-electron chi connectivity index (χ2n) is 4.88. The number of aryl methyl sites for hydroxylation is 2. The van der Waals surface area contributed by atoms with Crippen LogP contribution >= 0.6 is 0 Å². The fourth-order valence-electron chi connectivity index (χ4n) is 2.31. The molecule has 0 unspecified atom stereocenters. The third-order valence-electron chi connectivity index (χ3n) is 3.43. The van der Waals surface area contributed by atoms with Gasteiger partial charge in [0.1, 0.15) is 5.76 Å². The summed E-state index contributed by atoms with van der Waals surface area (Å²) in [4.78, 5) is 12.9. The van der Waals surface area contributed by atoms with Crippen molar-refractivity contribution in [2.75, 3.05) is 0 Å². The SMILES string of the molecule is [2H]c1c([2H])c([2H])c2c(C(=O)c3ccc(C)cc3)c(CC)oc2c1O. The Morgan fingerprint density at radius 1 is 1.29 bits per heavy atom. The van der Waals surface area contributed by atoms with Gasteiger partial charge in [0.15, 0.2) is 17.1 Å². The summed E-state index contributed by atoms with van der Waals surface area (Å²) in [5.41, 5.74) is 1.57. The van der Waals surface area contributed by atoms with E-state index >= 15 is 0 Å². The standard InChI is InChI=1S/C18H16O3/c1-3-15-16(13-5-4-6-14(19)18(13)21-15)17(20)12-9-7-11(2)8-10-12/h4-10,19H,3H2,1-2H3/i4D,5D,6D. The first-order valence-electron chi connectivity index (χ1n) is 8.22. The number of aromatic hydroxyl groups is 1. The zero-order chi connectivity index (χ0) is 17.6. The van der Waals surface area contributed by atoms with Crippen LogP contribution in [-0.2, 0) is 6.42 Å². The van der Waals surface area contributed by atoms with Gasteiger partial charge in [0, 0.05) is 17.4 Å². The highest BCUT2D eigenvalue weighted by atomic mass is 16.4. The normalized spacial score (nSPS) is 13.0.